The van der Waals surface area contributed by atoms with E-state index in [2.05, 4.69) is 0 Å². The van der Waals surface area contributed by atoms with Crippen molar-refractivity contribution in [1.29, 1.82) is 0 Å². The van der Waals surface area contributed by atoms with Crippen LogP contribution in [0.2, 0.25) is 0 Å². The van der Waals surface area contributed by atoms with Crippen molar-refractivity contribution < 1.29 is 72.0 Å². The zero-order valence-corrected chi connectivity index (χ0v) is 7.96. The predicted molar refractivity (Wildman–Crippen MR) is 6.41 cm³/mol. The Kier molecular flexibility index (Phi) is 386. The van der Waals surface area contributed by atoms with Gasteiger partial charge in [0.15, 0.2) is 0 Å². The van der Waals surface area contributed by atoms with Gasteiger partial charge in [0.1, 0.15) is 0 Å². The Hall–Kier alpha value is 2.23. The van der Waals surface area contributed by atoms with Crippen LogP contribution in [0.5, 0.6) is 0 Å². The smallest absolute Gasteiger partial charge is 0 e. The molecule has 0 aromatic rings. The molecule has 0 heterocycles. The van der Waals surface area contributed by atoms with Gasteiger partial charge in [-0.05, 0) is 0 Å². The van der Waals surface area contributed by atoms with Gasteiger partial charge in [0, 0.05) is 72.0 Å². The summed E-state index contributed by atoms with van der Waals surface area (Å²) < 4.78 is 0. The molecule has 0 N–H and O–H groups in total. The molecule has 0 rings (SSSR count). The maximum absolute atomic E-state index is 0. The molecular weight excluding hydrogens is 274 g/mol. The van der Waals surface area contributed by atoms with Crippen molar-refractivity contribution in [3.8, 4) is 0 Å². The van der Waals surface area contributed by atoms with Crippen molar-refractivity contribution in [3.05, 3.63) is 7.43 Å². The standard InChI is InChI=1S/CH3.Cr.Mn.Mo.Ni/h1H3;;;;/q-1;;;;. The molecule has 0 atom stereocenters. The molecule has 0 spiro atoms. The van der Waals surface area contributed by atoms with E-state index >= 15 is 0 Å². The molecule has 0 aromatic carbocycles. The van der Waals surface area contributed by atoms with E-state index in [4.69, 9.17) is 0 Å². The third-order valence-corrected chi connectivity index (χ3v) is 0. The fourth-order valence-corrected chi connectivity index (χ4v) is 0. The van der Waals surface area contributed by atoms with E-state index in [1.807, 2.05) is 0 Å². The van der Waals surface area contributed by atoms with E-state index in [1.54, 1.807) is 0 Å². The molecule has 4 heteroatoms. The third kappa shape index (κ3) is 22.4. The maximum Gasteiger partial charge on any atom is 0 e. The second-order valence-electron chi connectivity index (χ2n) is 0. The van der Waals surface area contributed by atoms with Gasteiger partial charge in [-0.15, -0.1) is 0 Å². The predicted octanol–water partition coefficient (Wildman–Crippen LogP) is 0.440. The quantitative estimate of drug-likeness (QED) is 0.445. The fourth-order valence-electron chi connectivity index (χ4n) is 0. The van der Waals surface area contributed by atoms with Crippen molar-refractivity contribution in [3.63, 3.8) is 0 Å². The molecule has 0 aliphatic carbocycles. The average Bonchev–Trinajstić information content (AvgIpc) is 0. The monoisotopic (exact) mass is 278 g/mol. The molecule has 0 aliphatic rings. The maximum atomic E-state index is 0. The molecule has 0 nitrogen and oxygen atoms in total. The molecule has 0 amide bonds. The molecule has 0 bridgehead atoms. The normalized spacial score (nSPS) is 0. The SMILES string of the molecule is [CH3-].[Cr].[Mn].[Mo].[Ni]. The van der Waals surface area contributed by atoms with E-state index in [0.717, 1.165) is 0 Å². The average molecular weight is 277 g/mol. The van der Waals surface area contributed by atoms with Crippen molar-refractivity contribution in [2.45, 2.75) is 0 Å². The van der Waals surface area contributed by atoms with E-state index in [9.17, 15) is 0 Å². The van der Waals surface area contributed by atoms with Gasteiger partial charge in [0.2, 0.25) is 0 Å². The van der Waals surface area contributed by atoms with Gasteiger partial charge >= 0.3 is 0 Å². The van der Waals surface area contributed by atoms with E-state index in [1.165, 1.54) is 0 Å². The first-order valence-electron chi connectivity index (χ1n) is 0. The Balaban J connectivity index is 0. The van der Waals surface area contributed by atoms with Crippen LogP contribution in [0, 0.1) is 7.43 Å². The van der Waals surface area contributed by atoms with Crippen LogP contribution in [0.3, 0.4) is 0 Å². The van der Waals surface area contributed by atoms with Gasteiger partial charge < -0.3 is 7.43 Å². The topological polar surface area (TPSA) is 0 Å². The summed E-state index contributed by atoms with van der Waals surface area (Å²) in [5.74, 6) is 0. The molecule has 0 aromatic heterocycles. The van der Waals surface area contributed by atoms with Crippen LogP contribution >= 0.6 is 0 Å². The first-order chi connectivity index (χ1) is 0. The number of rotatable bonds is 0. The van der Waals surface area contributed by atoms with Crippen LogP contribution in [0.1, 0.15) is 0 Å². The summed E-state index contributed by atoms with van der Waals surface area (Å²) >= 11 is 0. The fraction of sp³-hybridized carbons (Fsp3) is 0. The number of hydrogen-bond acceptors (Lipinski definition) is 0. The minimum Gasteiger partial charge on any atom is -0.358 e. The Morgan fingerprint density at radius 3 is 1.00 bits per heavy atom. The molecule has 0 fully saturated rings. The Labute approximate surface area is 78.6 Å². The van der Waals surface area contributed by atoms with Gasteiger partial charge in [0.25, 0.3) is 0 Å². The molecule has 5 heavy (non-hydrogen) atoms. The summed E-state index contributed by atoms with van der Waals surface area (Å²) in [6.45, 7) is 0. The summed E-state index contributed by atoms with van der Waals surface area (Å²) in [5.41, 5.74) is 0. The van der Waals surface area contributed by atoms with Crippen molar-refractivity contribution in [1.82, 2.24) is 0 Å². The molecular formula is CH3CrMnMoNi-. The van der Waals surface area contributed by atoms with Gasteiger partial charge in [-0.1, -0.05) is 0 Å². The van der Waals surface area contributed by atoms with Gasteiger partial charge in [0.05, 0.1) is 0 Å². The first-order valence-corrected chi connectivity index (χ1v) is 0. The second kappa shape index (κ2) is 34.2. The van der Waals surface area contributed by atoms with Crippen molar-refractivity contribution >= 4 is 0 Å². The van der Waals surface area contributed by atoms with Gasteiger partial charge in [-0.2, -0.15) is 0 Å². The summed E-state index contributed by atoms with van der Waals surface area (Å²) in [4.78, 5) is 0. The molecule has 0 aliphatic heterocycles. The molecule has 1 radical (unpaired) electrons. The first kappa shape index (κ1) is 56.3. The minimum atomic E-state index is 0. The minimum absolute atomic E-state index is 0. The third-order valence-electron chi connectivity index (χ3n) is 0. The van der Waals surface area contributed by atoms with Crippen LogP contribution < -0.4 is 0 Å². The zero-order chi connectivity index (χ0) is 0. The summed E-state index contributed by atoms with van der Waals surface area (Å²) in [7, 11) is 0. The molecule has 0 saturated heterocycles. The van der Waals surface area contributed by atoms with Gasteiger partial charge in [-0.3, -0.25) is 0 Å². The van der Waals surface area contributed by atoms with Crippen LogP contribution in [0.15, 0.2) is 0 Å². The van der Waals surface area contributed by atoms with E-state index < -0.39 is 0 Å². The summed E-state index contributed by atoms with van der Waals surface area (Å²) in [6.07, 6.45) is 0. The number of hydrogen-bond donors (Lipinski definition) is 0. The molecule has 37 valence electrons. The van der Waals surface area contributed by atoms with Crippen molar-refractivity contribution in [2.75, 3.05) is 0 Å². The van der Waals surface area contributed by atoms with Crippen LogP contribution in [0.4, 0.5) is 0 Å². The van der Waals surface area contributed by atoms with Gasteiger partial charge in [-0.25, -0.2) is 0 Å². The molecule has 0 saturated carbocycles. The largest absolute Gasteiger partial charge is 0.358 e. The summed E-state index contributed by atoms with van der Waals surface area (Å²) in [5, 5.41) is 0. The molecule has 0 unspecified atom stereocenters. The zero-order valence-electron chi connectivity index (χ0n) is 2.51. The Morgan fingerprint density at radius 2 is 1.00 bits per heavy atom. The summed E-state index contributed by atoms with van der Waals surface area (Å²) in [6, 6.07) is 0. The second-order valence-corrected chi connectivity index (χ2v) is 0. The van der Waals surface area contributed by atoms with E-state index in [-0.39, 0.29) is 79.4 Å². The van der Waals surface area contributed by atoms with Crippen LogP contribution in [0.25, 0.3) is 0 Å². The Bertz CT molecular complexity index is 11.6. The van der Waals surface area contributed by atoms with E-state index in [0.29, 0.717) is 0 Å². The Morgan fingerprint density at radius 1 is 1.00 bits per heavy atom. The van der Waals surface area contributed by atoms with Crippen LogP contribution in [-0.2, 0) is 72.0 Å². The van der Waals surface area contributed by atoms with Crippen molar-refractivity contribution in [2.24, 2.45) is 0 Å². The van der Waals surface area contributed by atoms with Crippen LogP contribution in [-0.4, -0.2) is 0 Å².